The van der Waals surface area contributed by atoms with Crippen molar-refractivity contribution < 1.29 is 9.94 Å². The van der Waals surface area contributed by atoms with Gasteiger partial charge in [-0.2, -0.15) is 0 Å². The third-order valence-corrected chi connectivity index (χ3v) is 1.98. The second-order valence-corrected chi connectivity index (χ2v) is 3.11. The minimum absolute atomic E-state index is 0.447. The zero-order valence-electron chi connectivity index (χ0n) is 7.40. The fourth-order valence-corrected chi connectivity index (χ4v) is 1.24. The summed E-state index contributed by atoms with van der Waals surface area (Å²) in [4.78, 5) is 4.78. The first-order chi connectivity index (χ1) is 6.25. The highest BCUT2D eigenvalue weighted by atomic mass is 16.8. The van der Waals surface area contributed by atoms with Gasteiger partial charge in [-0.3, -0.25) is 5.01 Å². The minimum Gasteiger partial charge on any atom is -0.365 e. The molecule has 0 saturated carbocycles. The molecule has 4 heteroatoms. The van der Waals surface area contributed by atoms with E-state index < -0.39 is 6.29 Å². The van der Waals surface area contributed by atoms with Gasteiger partial charge in [0.05, 0.1) is 12.2 Å². The molecule has 0 radical (unpaired) electrons. The van der Waals surface area contributed by atoms with Crippen molar-refractivity contribution in [3.8, 4) is 0 Å². The Morgan fingerprint density at radius 1 is 1.46 bits per heavy atom. The summed E-state index contributed by atoms with van der Waals surface area (Å²) in [6, 6.07) is 7.98. The van der Waals surface area contributed by atoms with Crippen LogP contribution in [0, 0.1) is 6.92 Å². The molecule has 4 nitrogen and oxygen atoms in total. The van der Waals surface area contributed by atoms with E-state index >= 15 is 0 Å². The number of aliphatic hydroxyl groups excluding tert-OH is 1. The van der Waals surface area contributed by atoms with E-state index in [9.17, 15) is 0 Å². The third kappa shape index (κ3) is 1.80. The molecular formula is C9H12N2O2. The quantitative estimate of drug-likeness (QED) is 0.663. The molecule has 1 aliphatic heterocycles. The molecule has 0 spiro atoms. The molecule has 1 saturated heterocycles. The summed E-state index contributed by atoms with van der Waals surface area (Å²) in [5.74, 6) is 0. The van der Waals surface area contributed by atoms with E-state index in [1.165, 1.54) is 5.56 Å². The lowest BCUT2D eigenvalue weighted by molar-refractivity contribution is -0.0950. The first-order valence-corrected chi connectivity index (χ1v) is 4.19. The van der Waals surface area contributed by atoms with E-state index in [-0.39, 0.29) is 0 Å². The molecule has 1 unspecified atom stereocenters. The first-order valence-electron chi connectivity index (χ1n) is 4.19. The number of β-amino-alcohol motifs (C(OH)–C–C–N with tert-alkyl or cyclic N) is 1. The van der Waals surface area contributed by atoms with Crippen molar-refractivity contribution in [3.63, 3.8) is 0 Å². The van der Waals surface area contributed by atoms with Gasteiger partial charge in [0.1, 0.15) is 0 Å². The maximum absolute atomic E-state index is 9.09. The highest BCUT2D eigenvalue weighted by Gasteiger charge is 2.20. The molecule has 1 fully saturated rings. The van der Waals surface area contributed by atoms with Gasteiger partial charge < -0.3 is 5.11 Å². The van der Waals surface area contributed by atoms with Gasteiger partial charge in [0.15, 0.2) is 6.29 Å². The summed E-state index contributed by atoms with van der Waals surface area (Å²) in [5.41, 5.74) is 4.83. The Morgan fingerprint density at radius 3 is 2.69 bits per heavy atom. The maximum atomic E-state index is 9.09. The lowest BCUT2D eigenvalue weighted by Crippen LogP contribution is -2.29. The standard InChI is InChI=1S/C9H12N2O2/c1-7-2-4-8(5-3-7)11-6-9(12)13-10-11/h2-5,9-10,12H,6H2,1H3. The number of rotatable bonds is 1. The molecule has 0 amide bonds. The number of nitrogens with one attached hydrogen (secondary N) is 1. The predicted octanol–water partition coefficient (Wildman–Crippen LogP) is 0.570. The Balaban J connectivity index is 2.13. The topological polar surface area (TPSA) is 44.7 Å². The molecule has 70 valence electrons. The second kappa shape index (κ2) is 3.33. The van der Waals surface area contributed by atoms with Crippen molar-refractivity contribution in [2.24, 2.45) is 0 Å². The Kier molecular flexibility index (Phi) is 2.18. The van der Waals surface area contributed by atoms with Crippen LogP contribution in [0.25, 0.3) is 0 Å². The van der Waals surface area contributed by atoms with Gasteiger partial charge >= 0.3 is 0 Å². The molecule has 1 heterocycles. The van der Waals surface area contributed by atoms with Crippen LogP contribution in [-0.4, -0.2) is 17.9 Å². The Hall–Kier alpha value is -1.10. The number of nitrogens with zero attached hydrogens (tertiary/aromatic N) is 1. The first kappa shape index (κ1) is 8.50. The number of aryl methyl sites for hydroxylation is 1. The summed E-state index contributed by atoms with van der Waals surface area (Å²) >= 11 is 0. The van der Waals surface area contributed by atoms with Gasteiger partial charge in [0.25, 0.3) is 0 Å². The molecule has 13 heavy (non-hydrogen) atoms. The predicted molar refractivity (Wildman–Crippen MR) is 48.8 cm³/mol. The fraction of sp³-hybridized carbons (Fsp3) is 0.333. The monoisotopic (exact) mass is 180 g/mol. The van der Waals surface area contributed by atoms with Crippen molar-refractivity contribution in [2.75, 3.05) is 11.6 Å². The maximum Gasteiger partial charge on any atom is 0.196 e. The van der Waals surface area contributed by atoms with E-state index in [2.05, 4.69) is 5.59 Å². The van der Waals surface area contributed by atoms with Crippen LogP contribution in [0.3, 0.4) is 0 Å². The van der Waals surface area contributed by atoms with Crippen LogP contribution in [-0.2, 0) is 4.84 Å². The number of hydrogen-bond donors (Lipinski definition) is 2. The van der Waals surface area contributed by atoms with E-state index in [1.54, 1.807) is 5.01 Å². The average Bonchev–Trinajstić information content (AvgIpc) is 2.53. The highest BCUT2D eigenvalue weighted by Crippen LogP contribution is 2.16. The SMILES string of the molecule is Cc1ccc(N2CC(O)ON2)cc1. The van der Waals surface area contributed by atoms with Gasteiger partial charge in [0.2, 0.25) is 0 Å². The summed E-state index contributed by atoms with van der Waals surface area (Å²) < 4.78 is 0. The van der Waals surface area contributed by atoms with E-state index in [4.69, 9.17) is 9.94 Å². The molecule has 2 rings (SSSR count). The molecule has 1 aromatic rings. The molecule has 0 bridgehead atoms. The van der Waals surface area contributed by atoms with E-state index in [1.807, 2.05) is 31.2 Å². The second-order valence-electron chi connectivity index (χ2n) is 3.11. The molecule has 1 atom stereocenters. The van der Waals surface area contributed by atoms with Crippen LogP contribution >= 0.6 is 0 Å². The highest BCUT2D eigenvalue weighted by molar-refractivity contribution is 5.46. The average molecular weight is 180 g/mol. The lowest BCUT2D eigenvalue weighted by atomic mass is 10.2. The van der Waals surface area contributed by atoms with Crippen molar-refractivity contribution in [1.82, 2.24) is 5.59 Å². The van der Waals surface area contributed by atoms with Crippen molar-refractivity contribution in [2.45, 2.75) is 13.2 Å². The summed E-state index contributed by atoms with van der Waals surface area (Å²) in [7, 11) is 0. The van der Waals surface area contributed by atoms with Crippen LogP contribution in [0.5, 0.6) is 0 Å². The van der Waals surface area contributed by atoms with Gasteiger partial charge in [-0.1, -0.05) is 17.7 Å². The smallest absolute Gasteiger partial charge is 0.196 e. The van der Waals surface area contributed by atoms with Crippen molar-refractivity contribution >= 4 is 5.69 Å². The molecule has 0 aromatic heterocycles. The van der Waals surface area contributed by atoms with Gasteiger partial charge in [0, 0.05) is 0 Å². The largest absolute Gasteiger partial charge is 0.365 e. The molecule has 1 aliphatic rings. The van der Waals surface area contributed by atoms with Crippen LogP contribution < -0.4 is 10.6 Å². The van der Waals surface area contributed by atoms with Gasteiger partial charge in [-0.25, -0.2) is 4.84 Å². The Labute approximate surface area is 76.7 Å². The summed E-state index contributed by atoms with van der Waals surface area (Å²) in [5, 5.41) is 10.8. The fourth-order valence-electron chi connectivity index (χ4n) is 1.24. The van der Waals surface area contributed by atoms with Gasteiger partial charge in [-0.05, 0) is 19.1 Å². The lowest BCUT2D eigenvalue weighted by Gasteiger charge is -2.14. The Bertz CT molecular complexity index is 286. The third-order valence-electron chi connectivity index (χ3n) is 1.98. The van der Waals surface area contributed by atoms with Crippen molar-refractivity contribution in [3.05, 3.63) is 29.8 Å². The number of aliphatic hydroxyl groups is 1. The number of hydrogen-bond acceptors (Lipinski definition) is 4. The summed E-state index contributed by atoms with van der Waals surface area (Å²) in [6.45, 7) is 2.48. The van der Waals surface area contributed by atoms with Crippen LogP contribution in [0.1, 0.15) is 5.56 Å². The van der Waals surface area contributed by atoms with Crippen LogP contribution in [0.15, 0.2) is 24.3 Å². The zero-order chi connectivity index (χ0) is 9.26. The van der Waals surface area contributed by atoms with E-state index in [0.29, 0.717) is 6.54 Å². The zero-order valence-corrected chi connectivity index (χ0v) is 7.40. The van der Waals surface area contributed by atoms with Crippen LogP contribution in [0.4, 0.5) is 5.69 Å². The molecule has 0 aliphatic carbocycles. The molecular weight excluding hydrogens is 168 g/mol. The normalized spacial score (nSPS) is 22.3. The number of benzene rings is 1. The minimum atomic E-state index is -0.749. The molecule has 2 N–H and O–H groups in total. The van der Waals surface area contributed by atoms with E-state index in [0.717, 1.165) is 5.69 Å². The molecule has 1 aromatic carbocycles. The van der Waals surface area contributed by atoms with Crippen LogP contribution in [0.2, 0.25) is 0 Å². The number of anilines is 1. The van der Waals surface area contributed by atoms with Gasteiger partial charge in [-0.15, -0.1) is 5.59 Å². The number of hydrazine groups is 1. The summed E-state index contributed by atoms with van der Waals surface area (Å²) in [6.07, 6.45) is -0.749. The Morgan fingerprint density at radius 2 is 2.15 bits per heavy atom. The van der Waals surface area contributed by atoms with Crippen molar-refractivity contribution in [1.29, 1.82) is 0 Å².